The lowest BCUT2D eigenvalue weighted by Crippen LogP contribution is -2.05. The third kappa shape index (κ3) is 2.58. The van der Waals surface area contributed by atoms with Gasteiger partial charge in [0.15, 0.2) is 0 Å². The Bertz CT molecular complexity index is 354. The number of hydrogen-bond acceptors (Lipinski definition) is 1. The van der Waals surface area contributed by atoms with Gasteiger partial charge in [-0.25, -0.2) is 0 Å². The van der Waals surface area contributed by atoms with Crippen LogP contribution in [0, 0.1) is 0 Å². The number of aliphatic hydroxyl groups excluding tert-OH is 1. The van der Waals surface area contributed by atoms with E-state index in [1.165, 1.54) is 37.7 Å². The van der Waals surface area contributed by atoms with Gasteiger partial charge in [0.1, 0.15) is 0 Å². The van der Waals surface area contributed by atoms with Crippen molar-refractivity contribution in [1.82, 2.24) is 0 Å². The molecule has 1 aliphatic rings. The first-order valence-corrected chi connectivity index (χ1v) is 6.53. The molecule has 0 heterocycles. The van der Waals surface area contributed by atoms with Crippen molar-refractivity contribution in [2.24, 2.45) is 0 Å². The zero-order valence-corrected chi connectivity index (χ0v) is 10.5. The summed E-state index contributed by atoms with van der Waals surface area (Å²) in [5.41, 5.74) is 2.18. The van der Waals surface area contributed by atoms with E-state index >= 15 is 0 Å². The van der Waals surface area contributed by atoms with Crippen LogP contribution in [0.4, 0.5) is 0 Å². The largest absolute Gasteiger partial charge is 0.389 e. The maximum Gasteiger partial charge on any atom is 0.0762 e. The number of halogens is 1. The van der Waals surface area contributed by atoms with E-state index in [0.717, 1.165) is 10.6 Å². The highest BCUT2D eigenvalue weighted by Gasteiger charge is 2.18. The minimum atomic E-state index is -0.432. The number of aliphatic hydroxyl groups is 1. The van der Waals surface area contributed by atoms with E-state index in [4.69, 9.17) is 11.6 Å². The summed E-state index contributed by atoms with van der Waals surface area (Å²) in [5, 5.41) is 10.3. The lowest BCUT2D eigenvalue weighted by molar-refractivity contribution is 0.199. The first-order valence-electron chi connectivity index (χ1n) is 6.16. The lowest BCUT2D eigenvalue weighted by Gasteiger charge is -2.23. The monoisotopic (exact) mass is 238 g/mol. The van der Waals surface area contributed by atoms with E-state index in [0.29, 0.717) is 5.92 Å². The van der Waals surface area contributed by atoms with Gasteiger partial charge in [-0.3, -0.25) is 0 Å². The van der Waals surface area contributed by atoms with Crippen molar-refractivity contribution in [1.29, 1.82) is 0 Å². The van der Waals surface area contributed by atoms with Gasteiger partial charge < -0.3 is 5.11 Å². The molecule has 88 valence electrons. The van der Waals surface area contributed by atoms with E-state index in [9.17, 15) is 5.11 Å². The third-order valence-corrected chi connectivity index (χ3v) is 3.88. The van der Waals surface area contributed by atoms with Crippen LogP contribution >= 0.6 is 11.6 Å². The van der Waals surface area contributed by atoms with Crippen LogP contribution in [-0.4, -0.2) is 5.11 Å². The molecule has 1 nitrogen and oxygen atoms in total. The van der Waals surface area contributed by atoms with Crippen LogP contribution in [0.2, 0.25) is 5.02 Å². The Hall–Kier alpha value is -0.530. The van der Waals surface area contributed by atoms with E-state index in [-0.39, 0.29) is 0 Å². The predicted molar refractivity (Wildman–Crippen MR) is 67.9 cm³/mol. The molecule has 1 N–H and O–H groups in total. The Morgan fingerprint density at radius 2 is 1.94 bits per heavy atom. The van der Waals surface area contributed by atoms with Crippen LogP contribution in [0.3, 0.4) is 0 Å². The Morgan fingerprint density at radius 3 is 2.50 bits per heavy atom. The standard InChI is InChI=1S/C14H19ClO/c1-10(16)12-7-8-13(14(15)9-12)11-5-3-2-4-6-11/h7-11,16H,2-6H2,1H3. The molecule has 1 aliphatic carbocycles. The average molecular weight is 239 g/mol. The number of rotatable bonds is 2. The summed E-state index contributed by atoms with van der Waals surface area (Å²) < 4.78 is 0. The smallest absolute Gasteiger partial charge is 0.0762 e. The van der Waals surface area contributed by atoms with E-state index in [1.54, 1.807) is 6.92 Å². The van der Waals surface area contributed by atoms with Gasteiger partial charge in [-0.05, 0) is 42.9 Å². The molecule has 1 atom stereocenters. The normalized spacial score (nSPS) is 19.7. The lowest BCUT2D eigenvalue weighted by atomic mass is 9.83. The van der Waals surface area contributed by atoms with Crippen LogP contribution in [-0.2, 0) is 0 Å². The fourth-order valence-corrected chi connectivity index (χ4v) is 2.89. The second-order valence-corrected chi connectivity index (χ2v) is 5.20. The van der Waals surface area contributed by atoms with Crippen molar-refractivity contribution < 1.29 is 5.11 Å². The maximum absolute atomic E-state index is 9.49. The van der Waals surface area contributed by atoms with Gasteiger partial charge in [0, 0.05) is 5.02 Å². The quantitative estimate of drug-likeness (QED) is 0.808. The summed E-state index contributed by atoms with van der Waals surface area (Å²) in [7, 11) is 0. The topological polar surface area (TPSA) is 20.2 Å². The fourth-order valence-electron chi connectivity index (χ4n) is 2.55. The minimum absolute atomic E-state index is 0.432. The Balaban J connectivity index is 2.21. The summed E-state index contributed by atoms with van der Waals surface area (Å²) in [5.74, 6) is 0.629. The average Bonchev–Trinajstić information content (AvgIpc) is 2.30. The van der Waals surface area contributed by atoms with Gasteiger partial charge in [-0.1, -0.05) is 43.0 Å². The van der Waals surface area contributed by atoms with Crippen molar-refractivity contribution in [3.8, 4) is 0 Å². The van der Waals surface area contributed by atoms with Gasteiger partial charge in [-0.15, -0.1) is 0 Å². The molecular formula is C14H19ClO. The molecule has 0 radical (unpaired) electrons. The summed E-state index contributed by atoms with van der Waals surface area (Å²) in [6.45, 7) is 1.77. The second-order valence-electron chi connectivity index (χ2n) is 4.79. The Morgan fingerprint density at radius 1 is 1.25 bits per heavy atom. The van der Waals surface area contributed by atoms with Gasteiger partial charge in [0.2, 0.25) is 0 Å². The summed E-state index contributed by atoms with van der Waals surface area (Å²) >= 11 is 6.30. The molecule has 0 spiro atoms. The first-order chi connectivity index (χ1) is 7.68. The molecule has 1 unspecified atom stereocenters. The van der Waals surface area contributed by atoms with Gasteiger partial charge >= 0.3 is 0 Å². The van der Waals surface area contributed by atoms with Crippen molar-refractivity contribution in [3.05, 3.63) is 34.3 Å². The fraction of sp³-hybridized carbons (Fsp3) is 0.571. The molecule has 1 aromatic rings. The predicted octanol–water partition coefficient (Wildman–Crippen LogP) is 4.44. The summed E-state index contributed by atoms with van der Waals surface area (Å²) in [4.78, 5) is 0. The molecule has 0 bridgehead atoms. The van der Waals surface area contributed by atoms with Crippen LogP contribution in [0.1, 0.15) is 62.2 Å². The summed E-state index contributed by atoms with van der Waals surface area (Å²) in [6, 6.07) is 6.01. The van der Waals surface area contributed by atoms with Crippen LogP contribution < -0.4 is 0 Å². The highest BCUT2D eigenvalue weighted by molar-refractivity contribution is 6.31. The zero-order chi connectivity index (χ0) is 11.5. The molecular weight excluding hydrogens is 220 g/mol. The van der Waals surface area contributed by atoms with Gasteiger partial charge in [0.05, 0.1) is 6.10 Å². The first kappa shape index (κ1) is 11.9. The molecule has 0 aromatic heterocycles. The molecule has 16 heavy (non-hydrogen) atoms. The summed E-state index contributed by atoms with van der Waals surface area (Å²) in [6.07, 6.45) is 6.08. The Kier molecular flexibility index (Phi) is 3.88. The van der Waals surface area contributed by atoms with Crippen molar-refractivity contribution in [2.75, 3.05) is 0 Å². The van der Waals surface area contributed by atoms with Crippen molar-refractivity contribution in [2.45, 2.75) is 51.0 Å². The van der Waals surface area contributed by atoms with Crippen molar-refractivity contribution >= 4 is 11.6 Å². The number of hydrogen-bond donors (Lipinski definition) is 1. The molecule has 1 fully saturated rings. The van der Waals surface area contributed by atoms with Crippen LogP contribution in [0.15, 0.2) is 18.2 Å². The molecule has 0 saturated heterocycles. The van der Waals surface area contributed by atoms with Crippen molar-refractivity contribution in [3.63, 3.8) is 0 Å². The molecule has 2 heteroatoms. The van der Waals surface area contributed by atoms with Gasteiger partial charge in [0.25, 0.3) is 0 Å². The van der Waals surface area contributed by atoms with E-state index < -0.39 is 6.10 Å². The molecule has 1 saturated carbocycles. The van der Waals surface area contributed by atoms with Gasteiger partial charge in [-0.2, -0.15) is 0 Å². The van der Waals surface area contributed by atoms with E-state index in [2.05, 4.69) is 6.07 Å². The maximum atomic E-state index is 9.49. The minimum Gasteiger partial charge on any atom is -0.389 e. The Labute approximate surface area is 102 Å². The number of benzene rings is 1. The molecule has 1 aromatic carbocycles. The second kappa shape index (κ2) is 5.20. The highest BCUT2D eigenvalue weighted by atomic mass is 35.5. The highest BCUT2D eigenvalue weighted by Crippen LogP contribution is 2.37. The SMILES string of the molecule is CC(O)c1ccc(C2CCCCC2)c(Cl)c1. The molecule has 0 amide bonds. The molecule has 0 aliphatic heterocycles. The van der Waals surface area contributed by atoms with E-state index in [1.807, 2.05) is 12.1 Å². The van der Waals surface area contributed by atoms with Crippen LogP contribution in [0.5, 0.6) is 0 Å². The molecule has 2 rings (SSSR count). The zero-order valence-electron chi connectivity index (χ0n) is 9.75. The van der Waals surface area contributed by atoms with Crippen LogP contribution in [0.25, 0.3) is 0 Å². The third-order valence-electron chi connectivity index (χ3n) is 3.55.